The quantitative estimate of drug-likeness (QED) is 0.413. The summed E-state index contributed by atoms with van der Waals surface area (Å²) in [6.45, 7) is 5.07. The molecule has 0 rings (SSSR count). The number of nitrogens with one attached hydrogen (secondary N) is 1. The van der Waals surface area contributed by atoms with E-state index in [0.29, 0.717) is 0 Å². The molecule has 0 heterocycles. The highest BCUT2D eigenvalue weighted by atomic mass is 35.5. The lowest BCUT2D eigenvalue weighted by atomic mass is 10.4. The second-order valence-corrected chi connectivity index (χ2v) is 2.65. The second kappa shape index (κ2) is 11.5. The third-order valence-electron chi connectivity index (χ3n) is 1.27. The van der Waals surface area contributed by atoms with Crippen LogP contribution < -0.4 is 17.7 Å². The standard InChI is InChI=1S/C8H16N2O.CH4.ClH/c1-4-8(11)9-6-5-7-10(2)3;;/h4H,1,5-7H2,2-3H3,(H,9,11);1H4;1H/p-1. The van der Waals surface area contributed by atoms with E-state index in [1.807, 2.05) is 14.1 Å². The van der Waals surface area contributed by atoms with Crippen molar-refractivity contribution in [1.82, 2.24) is 10.2 Å². The number of carbonyl (C=O) groups is 1. The molecule has 0 aliphatic rings. The smallest absolute Gasteiger partial charge is 0.243 e. The first-order chi connectivity index (χ1) is 5.16. The van der Waals surface area contributed by atoms with Crippen LogP contribution in [0.3, 0.4) is 0 Å². The van der Waals surface area contributed by atoms with Crippen LogP contribution in [0.4, 0.5) is 0 Å². The Labute approximate surface area is 87.6 Å². The molecule has 0 unspecified atom stereocenters. The first-order valence-corrected chi connectivity index (χ1v) is 3.72. The molecule has 0 aliphatic heterocycles. The van der Waals surface area contributed by atoms with Gasteiger partial charge in [-0.05, 0) is 33.1 Å². The summed E-state index contributed by atoms with van der Waals surface area (Å²) >= 11 is 0. The average molecular weight is 208 g/mol. The maximum Gasteiger partial charge on any atom is 0.243 e. The third kappa shape index (κ3) is 14.3. The van der Waals surface area contributed by atoms with Crippen LogP contribution in [0.15, 0.2) is 12.7 Å². The lowest BCUT2D eigenvalue weighted by molar-refractivity contribution is -0.116. The number of halogens is 1. The van der Waals surface area contributed by atoms with Gasteiger partial charge in [-0.25, -0.2) is 0 Å². The molecule has 0 atom stereocenters. The van der Waals surface area contributed by atoms with E-state index in [4.69, 9.17) is 0 Å². The molecule has 0 saturated heterocycles. The van der Waals surface area contributed by atoms with Crippen LogP contribution in [0.1, 0.15) is 13.8 Å². The molecule has 0 aromatic carbocycles. The molecular weight excluding hydrogens is 188 g/mol. The van der Waals surface area contributed by atoms with Crippen LogP contribution in [-0.4, -0.2) is 38.0 Å². The number of hydrogen-bond acceptors (Lipinski definition) is 2. The van der Waals surface area contributed by atoms with Gasteiger partial charge in [-0.15, -0.1) is 0 Å². The Hall–Kier alpha value is -0.540. The van der Waals surface area contributed by atoms with Gasteiger partial charge < -0.3 is 22.6 Å². The second-order valence-electron chi connectivity index (χ2n) is 2.65. The maximum absolute atomic E-state index is 10.6. The zero-order valence-corrected chi connectivity index (χ0v) is 8.40. The van der Waals surface area contributed by atoms with Gasteiger partial charge in [0.1, 0.15) is 0 Å². The van der Waals surface area contributed by atoms with Crippen LogP contribution in [0.25, 0.3) is 0 Å². The summed E-state index contributed by atoms with van der Waals surface area (Å²) in [5, 5.41) is 2.70. The van der Waals surface area contributed by atoms with Gasteiger partial charge in [-0.2, -0.15) is 0 Å². The summed E-state index contributed by atoms with van der Waals surface area (Å²) in [6.07, 6.45) is 2.27. The molecule has 1 amide bonds. The molecule has 1 N–H and O–H groups in total. The molecular formula is C9H20ClN2O-. The van der Waals surface area contributed by atoms with Gasteiger partial charge in [0.25, 0.3) is 0 Å². The number of nitrogens with zero attached hydrogens (tertiary/aromatic N) is 1. The number of carbonyl (C=O) groups excluding carboxylic acids is 1. The Bertz CT molecular complexity index is 138. The van der Waals surface area contributed by atoms with Crippen LogP contribution >= 0.6 is 0 Å². The molecule has 0 aromatic rings. The molecule has 3 nitrogen and oxygen atoms in total. The molecule has 80 valence electrons. The van der Waals surface area contributed by atoms with E-state index in [2.05, 4.69) is 16.8 Å². The van der Waals surface area contributed by atoms with E-state index in [1.165, 1.54) is 6.08 Å². The van der Waals surface area contributed by atoms with E-state index in [1.54, 1.807) is 0 Å². The van der Waals surface area contributed by atoms with Gasteiger partial charge in [0.2, 0.25) is 5.91 Å². The van der Waals surface area contributed by atoms with Crippen LogP contribution in [0, 0.1) is 0 Å². The Morgan fingerprint density at radius 3 is 2.46 bits per heavy atom. The minimum atomic E-state index is -0.0937. The van der Waals surface area contributed by atoms with Crippen LogP contribution in [-0.2, 0) is 4.79 Å². The highest BCUT2D eigenvalue weighted by Gasteiger charge is 1.92. The van der Waals surface area contributed by atoms with Crippen molar-refractivity contribution in [3.8, 4) is 0 Å². The highest BCUT2D eigenvalue weighted by Crippen LogP contribution is 1.80. The fourth-order valence-electron chi connectivity index (χ4n) is 0.679. The fraction of sp³-hybridized carbons (Fsp3) is 0.667. The summed E-state index contributed by atoms with van der Waals surface area (Å²) < 4.78 is 0. The molecule has 0 bridgehead atoms. The van der Waals surface area contributed by atoms with E-state index in [0.717, 1.165) is 19.5 Å². The van der Waals surface area contributed by atoms with Gasteiger partial charge in [0.15, 0.2) is 0 Å². The van der Waals surface area contributed by atoms with Gasteiger partial charge in [-0.3, -0.25) is 4.79 Å². The number of amides is 1. The van der Waals surface area contributed by atoms with Gasteiger partial charge in [0.05, 0.1) is 0 Å². The lowest BCUT2D eigenvalue weighted by Crippen LogP contribution is -3.00. The van der Waals surface area contributed by atoms with Gasteiger partial charge in [0, 0.05) is 6.54 Å². The zero-order valence-electron chi connectivity index (χ0n) is 7.64. The fourth-order valence-corrected chi connectivity index (χ4v) is 0.679. The molecule has 0 aromatic heterocycles. The molecule has 0 radical (unpaired) electrons. The molecule has 0 fully saturated rings. The minimum Gasteiger partial charge on any atom is -1.00 e. The topological polar surface area (TPSA) is 32.3 Å². The van der Waals surface area contributed by atoms with Crippen LogP contribution in [0.2, 0.25) is 0 Å². The van der Waals surface area contributed by atoms with Gasteiger partial charge in [-0.1, -0.05) is 14.0 Å². The normalized spacial score (nSPS) is 8.23. The van der Waals surface area contributed by atoms with Crippen molar-refractivity contribution in [2.75, 3.05) is 27.2 Å². The number of hydrogen-bond donors (Lipinski definition) is 1. The third-order valence-corrected chi connectivity index (χ3v) is 1.27. The van der Waals surface area contributed by atoms with Crippen molar-refractivity contribution in [2.24, 2.45) is 0 Å². The van der Waals surface area contributed by atoms with Crippen molar-refractivity contribution in [3.63, 3.8) is 0 Å². The lowest BCUT2D eigenvalue weighted by Gasteiger charge is -2.08. The SMILES string of the molecule is C.C=CC(=O)NCCCN(C)C.[Cl-]. The average Bonchev–Trinajstić information content (AvgIpc) is 1.97. The summed E-state index contributed by atoms with van der Waals surface area (Å²) in [7, 11) is 4.02. The molecule has 0 spiro atoms. The summed E-state index contributed by atoms with van der Waals surface area (Å²) in [5.74, 6) is -0.0937. The Kier molecular flexibility index (Phi) is 16.1. The predicted octanol–water partition coefficient (Wildman–Crippen LogP) is -2.12. The largest absolute Gasteiger partial charge is 1.00 e. The predicted molar refractivity (Wildman–Crippen MR) is 53.1 cm³/mol. The van der Waals surface area contributed by atoms with E-state index in [9.17, 15) is 4.79 Å². The van der Waals surface area contributed by atoms with Crippen molar-refractivity contribution in [2.45, 2.75) is 13.8 Å². The first kappa shape index (κ1) is 18.3. The van der Waals surface area contributed by atoms with Crippen LogP contribution in [0.5, 0.6) is 0 Å². The molecule has 0 aliphatic carbocycles. The highest BCUT2D eigenvalue weighted by molar-refractivity contribution is 5.86. The maximum atomic E-state index is 10.6. The van der Waals surface area contributed by atoms with Gasteiger partial charge >= 0.3 is 0 Å². The zero-order chi connectivity index (χ0) is 8.69. The van der Waals surface area contributed by atoms with E-state index in [-0.39, 0.29) is 25.7 Å². The monoisotopic (exact) mass is 207 g/mol. The van der Waals surface area contributed by atoms with Crippen molar-refractivity contribution < 1.29 is 17.2 Å². The van der Waals surface area contributed by atoms with E-state index < -0.39 is 0 Å². The minimum absolute atomic E-state index is 0. The molecule has 0 saturated carbocycles. The summed E-state index contributed by atoms with van der Waals surface area (Å²) in [5.41, 5.74) is 0. The summed E-state index contributed by atoms with van der Waals surface area (Å²) in [6, 6.07) is 0. The van der Waals surface area contributed by atoms with Crippen molar-refractivity contribution in [3.05, 3.63) is 12.7 Å². The van der Waals surface area contributed by atoms with E-state index >= 15 is 0 Å². The molecule has 4 heteroatoms. The Morgan fingerprint density at radius 1 is 1.54 bits per heavy atom. The Balaban J connectivity index is -0.000000500. The van der Waals surface area contributed by atoms with Crippen molar-refractivity contribution >= 4 is 5.91 Å². The number of rotatable bonds is 5. The first-order valence-electron chi connectivity index (χ1n) is 3.72. The summed E-state index contributed by atoms with van der Waals surface area (Å²) in [4.78, 5) is 12.7. The molecule has 13 heavy (non-hydrogen) atoms. The van der Waals surface area contributed by atoms with Crippen molar-refractivity contribution in [1.29, 1.82) is 0 Å². The Morgan fingerprint density at radius 2 is 2.08 bits per heavy atom.